The molecule has 0 radical (unpaired) electrons. The van der Waals surface area contributed by atoms with Crippen LogP contribution in [0.25, 0.3) is 0 Å². The molecule has 1 rings (SSSR count). The van der Waals surface area contributed by atoms with E-state index < -0.39 is 72.5 Å². The molecule has 0 spiro atoms. The van der Waals surface area contributed by atoms with Crippen LogP contribution in [-0.2, 0) is 30.4 Å². The maximum atomic E-state index is 13.1. The maximum absolute atomic E-state index is 13.1. The highest BCUT2D eigenvalue weighted by Gasteiger charge is 2.30. The zero-order chi connectivity index (χ0) is 29.7. The lowest BCUT2D eigenvalue weighted by atomic mass is 10.0. The van der Waals surface area contributed by atoms with Crippen LogP contribution in [0.5, 0.6) is 5.75 Å². The van der Waals surface area contributed by atoms with Crippen LogP contribution in [0, 0.1) is 0 Å². The number of aliphatic carboxylic acids is 1. The van der Waals surface area contributed by atoms with E-state index in [2.05, 4.69) is 21.3 Å². The van der Waals surface area contributed by atoms with Crippen LogP contribution in [0.2, 0.25) is 0 Å². The topological polar surface area (TPSA) is 240 Å². The SMILES string of the molecule is CSCC[C@H](NC(=O)[C@H](C)NC(=O)[C@H](Cc1ccc(O)cc1)NC(=O)[C@@H](N)[C@@H](C)O)C(=O)N[C@@H](CO)C(=O)O. The van der Waals surface area contributed by atoms with E-state index in [9.17, 15) is 39.3 Å². The van der Waals surface area contributed by atoms with E-state index >= 15 is 0 Å². The van der Waals surface area contributed by atoms with Crippen molar-refractivity contribution in [3.63, 3.8) is 0 Å². The highest BCUT2D eigenvalue weighted by molar-refractivity contribution is 7.98. The van der Waals surface area contributed by atoms with E-state index in [1.807, 2.05) is 0 Å². The van der Waals surface area contributed by atoms with E-state index in [0.717, 1.165) is 0 Å². The van der Waals surface area contributed by atoms with Crippen molar-refractivity contribution in [2.45, 2.75) is 63.0 Å². The number of hydrogen-bond acceptors (Lipinski definition) is 10. The van der Waals surface area contributed by atoms with Gasteiger partial charge in [0.25, 0.3) is 0 Å². The largest absolute Gasteiger partial charge is 0.508 e. The number of carboxylic acids is 1. The number of benzene rings is 1. The number of rotatable bonds is 16. The molecule has 0 aliphatic heterocycles. The van der Waals surface area contributed by atoms with Gasteiger partial charge in [-0.05, 0) is 50.0 Å². The van der Waals surface area contributed by atoms with E-state index in [4.69, 9.17) is 10.8 Å². The molecule has 14 nitrogen and oxygen atoms in total. The molecule has 0 fully saturated rings. The lowest BCUT2D eigenvalue weighted by molar-refractivity contribution is -0.143. The van der Waals surface area contributed by atoms with Gasteiger partial charge in [-0.2, -0.15) is 11.8 Å². The molecule has 15 heteroatoms. The molecule has 0 saturated heterocycles. The smallest absolute Gasteiger partial charge is 0.328 e. The number of carbonyl (C=O) groups excluding carboxylic acids is 4. The normalized spacial score (nSPS) is 15.5. The third kappa shape index (κ3) is 11.5. The third-order valence-corrected chi connectivity index (χ3v) is 6.27. The van der Waals surface area contributed by atoms with Crippen molar-refractivity contribution < 1.29 is 44.4 Å². The second-order valence-electron chi connectivity index (χ2n) is 8.85. The summed E-state index contributed by atoms with van der Waals surface area (Å²) in [6.07, 6.45) is 0.700. The van der Waals surface area contributed by atoms with Crippen molar-refractivity contribution in [1.29, 1.82) is 0 Å². The predicted octanol–water partition coefficient (Wildman–Crippen LogP) is -2.57. The summed E-state index contributed by atoms with van der Waals surface area (Å²) in [7, 11) is 0. The average molecular weight is 572 g/mol. The molecule has 0 bridgehead atoms. The Bertz CT molecular complexity index is 993. The van der Waals surface area contributed by atoms with Crippen molar-refractivity contribution in [1.82, 2.24) is 21.3 Å². The van der Waals surface area contributed by atoms with Crippen LogP contribution in [-0.4, -0.2) is 105 Å². The number of thioether (sulfide) groups is 1. The van der Waals surface area contributed by atoms with Crippen LogP contribution in [0.1, 0.15) is 25.8 Å². The van der Waals surface area contributed by atoms with Gasteiger partial charge in [-0.15, -0.1) is 0 Å². The molecule has 0 unspecified atom stereocenters. The van der Waals surface area contributed by atoms with E-state index in [1.165, 1.54) is 49.9 Å². The lowest BCUT2D eigenvalue weighted by Crippen LogP contribution is -2.59. The standard InChI is InChI=1S/C24H37N5O9S/c1-12(20(33)27-16(8-9-39-3)21(34)29-18(11-30)24(37)38)26-22(35)17(28-23(36)19(25)13(2)31)10-14-4-6-15(32)7-5-14/h4-7,12-13,16-19,30-32H,8-11,25H2,1-3H3,(H,26,35)(H,27,33)(H,28,36)(H,29,34)(H,37,38)/t12-,13+,16-,17-,18-,19-/m0/s1. The Balaban J connectivity index is 2.99. The van der Waals surface area contributed by atoms with Gasteiger partial charge in [0.05, 0.1) is 12.7 Å². The van der Waals surface area contributed by atoms with Gasteiger partial charge in [0, 0.05) is 6.42 Å². The Morgan fingerprint density at radius 2 is 1.41 bits per heavy atom. The quantitative estimate of drug-likeness (QED) is 0.0999. The summed E-state index contributed by atoms with van der Waals surface area (Å²) in [4.78, 5) is 62.1. The van der Waals surface area contributed by atoms with E-state index in [-0.39, 0.29) is 18.6 Å². The summed E-state index contributed by atoms with van der Waals surface area (Å²) in [5, 5.41) is 46.9. The molecule has 39 heavy (non-hydrogen) atoms. The number of carboxylic acid groups (broad SMARTS) is 1. The van der Waals surface area contributed by atoms with Crippen LogP contribution in [0.4, 0.5) is 0 Å². The molecule has 1 aromatic rings. The minimum atomic E-state index is -1.56. The van der Waals surface area contributed by atoms with Gasteiger partial charge >= 0.3 is 5.97 Å². The van der Waals surface area contributed by atoms with Crippen molar-refractivity contribution in [3.8, 4) is 5.75 Å². The first-order chi connectivity index (χ1) is 18.3. The fraction of sp³-hybridized carbons (Fsp3) is 0.542. The number of aliphatic hydroxyl groups excluding tert-OH is 2. The van der Waals surface area contributed by atoms with Crippen LogP contribution in [0.15, 0.2) is 24.3 Å². The van der Waals surface area contributed by atoms with E-state index in [1.54, 1.807) is 6.26 Å². The zero-order valence-electron chi connectivity index (χ0n) is 21.9. The summed E-state index contributed by atoms with van der Waals surface area (Å²) in [5.74, 6) is -4.13. The van der Waals surface area contributed by atoms with Crippen molar-refractivity contribution in [3.05, 3.63) is 29.8 Å². The molecule has 10 N–H and O–H groups in total. The number of carbonyl (C=O) groups is 5. The van der Waals surface area contributed by atoms with Gasteiger partial charge in [0.15, 0.2) is 0 Å². The monoisotopic (exact) mass is 571 g/mol. The summed E-state index contributed by atoms with van der Waals surface area (Å²) >= 11 is 1.39. The highest BCUT2D eigenvalue weighted by Crippen LogP contribution is 2.12. The van der Waals surface area contributed by atoms with Gasteiger partial charge in [0.2, 0.25) is 23.6 Å². The van der Waals surface area contributed by atoms with Gasteiger partial charge in [0.1, 0.15) is 36.0 Å². The fourth-order valence-electron chi connectivity index (χ4n) is 3.20. The second kappa shape index (κ2) is 16.5. The molecule has 0 aromatic heterocycles. The predicted molar refractivity (Wildman–Crippen MR) is 143 cm³/mol. The number of phenols is 1. The Hall–Kier alpha value is -3.40. The first kappa shape index (κ1) is 33.6. The second-order valence-corrected chi connectivity index (χ2v) is 9.84. The van der Waals surface area contributed by atoms with Crippen LogP contribution >= 0.6 is 11.8 Å². The molecule has 0 aliphatic carbocycles. The van der Waals surface area contributed by atoms with Gasteiger partial charge in [-0.1, -0.05) is 12.1 Å². The highest BCUT2D eigenvalue weighted by atomic mass is 32.2. The maximum Gasteiger partial charge on any atom is 0.328 e. The lowest BCUT2D eigenvalue weighted by Gasteiger charge is -2.25. The van der Waals surface area contributed by atoms with Gasteiger partial charge < -0.3 is 47.4 Å². The summed E-state index contributed by atoms with van der Waals surface area (Å²) in [6.45, 7) is 1.82. The number of aliphatic hydroxyl groups is 2. The Morgan fingerprint density at radius 1 is 0.872 bits per heavy atom. The molecular formula is C24H37N5O9S. The number of nitrogens with one attached hydrogen (secondary N) is 4. The van der Waals surface area contributed by atoms with Gasteiger partial charge in [-0.25, -0.2) is 4.79 Å². The van der Waals surface area contributed by atoms with E-state index in [0.29, 0.717) is 11.3 Å². The summed E-state index contributed by atoms with van der Waals surface area (Å²) in [5.41, 5.74) is 6.25. The van der Waals surface area contributed by atoms with Crippen molar-refractivity contribution in [2.24, 2.45) is 5.73 Å². The van der Waals surface area contributed by atoms with Crippen molar-refractivity contribution in [2.75, 3.05) is 18.6 Å². The number of amides is 4. The Labute approximate surface area is 230 Å². The minimum Gasteiger partial charge on any atom is -0.508 e. The number of phenolic OH excluding ortho intramolecular Hbond substituents is 1. The molecule has 1 aromatic carbocycles. The van der Waals surface area contributed by atoms with Crippen LogP contribution < -0.4 is 27.0 Å². The number of aromatic hydroxyl groups is 1. The molecule has 6 atom stereocenters. The molecule has 218 valence electrons. The van der Waals surface area contributed by atoms with Gasteiger partial charge in [-0.3, -0.25) is 19.2 Å². The molecule has 0 saturated carbocycles. The van der Waals surface area contributed by atoms with Crippen LogP contribution in [0.3, 0.4) is 0 Å². The summed E-state index contributed by atoms with van der Waals surface area (Å²) in [6, 6.07) is -0.528. The summed E-state index contributed by atoms with van der Waals surface area (Å²) < 4.78 is 0. The minimum absolute atomic E-state index is 0.000985. The number of nitrogens with two attached hydrogens (primary N) is 1. The first-order valence-electron chi connectivity index (χ1n) is 12.1. The molecular weight excluding hydrogens is 534 g/mol. The zero-order valence-corrected chi connectivity index (χ0v) is 22.7. The third-order valence-electron chi connectivity index (χ3n) is 5.62. The first-order valence-corrected chi connectivity index (χ1v) is 13.5. The molecule has 0 aliphatic rings. The Kier molecular flexibility index (Phi) is 14.3. The average Bonchev–Trinajstić information content (AvgIpc) is 2.89. The number of hydrogen-bond donors (Lipinski definition) is 9. The Morgan fingerprint density at radius 3 is 1.92 bits per heavy atom. The fourth-order valence-corrected chi connectivity index (χ4v) is 3.67. The molecule has 4 amide bonds. The van der Waals surface area contributed by atoms with Crippen molar-refractivity contribution >= 4 is 41.4 Å². The molecule has 0 heterocycles.